The SMILES string of the molecule is C=CCl.O=NO. The molecule has 0 fully saturated rings. The summed E-state index contributed by atoms with van der Waals surface area (Å²) in [6.07, 6.45) is 0. The van der Waals surface area contributed by atoms with E-state index in [0.29, 0.717) is 0 Å². The van der Waals surface area contributed by atoms with Crippen molar-refractivity contribution in [1.82, 2.24) is 0 Å². The molecule has 36 valence electrons. The van der Waals surface area contributed by atoms with Crippen LogP contribution in [-0.2, 0) is 0 Å². The quantitative estimate of drug-likeness (QED) is 0.379. The van der Waals surface area contributed by atoms with Crippen LogP contribution >= 0.6 is 11.6 Å². The Balaban J connectivity index is 0. The number of rotatable bonds is 0. The third-order valence-corrected chi connectivity index (χ3v) is 0. The van der Waals surface area contributed by atoms with Gasteiger partial charge in [0.15, 0.2) is 5.34 Å². The van der Waals surface area contributed by atoms with Crippen molar-refractivity contribution in [1.29, 1.82) is 0 Å². The summed E-state index contributed by atoms with van der Waals surface area (Å²) in [4.78, 5) is 8.11. The largest absolute Gasteiger partial charge is 0.379 e. The van der Waals surface area contributed by atoms with Crippen LogP contribution in [0.2, 0.25) is 0 Å². The van der Waals surface area contributed by atoms with Crippen LogP contribution in [0.25, 0.3) is 0 Å². The third-order valence-electron chi connectivity index (χ3n) is 0. The predicted molar refractivity (Wildman–Crippen MR) is 23.6 cm³/mol. The Hall–Kier alpha value is -0.570. The Kier molecular flexibility index (Phi) is 38.5. The lowest BCUT2D eigenvalue weighted by molar-refractivity contribution is 0.312. The summed E-state index contributed by atoms with van der Waals surface area (Å²) in [6, 6.07) is 0. The van der Waals surface area contributed by atoms with Gasteiger partial charge in [-0.25, -0.2) is 0 Å². The van der Waals surface area contributed by atoms with Gasteiger partial charge in [0.2, 0.25) is 0 Å². The van der Waals surface area contributed by atoms with Crippen LogP contribution in [0.5, 0.6) is 0 Å². The zero-order chi connectivity index (χ0) is 5.41. The molecule has 1 N–H and O–H groups in total. The van der Waals surface area contributed by atoms with E-state index < -0.39 is 0 Å². The molecule has 0 heterocycles. The molecule has 0 aliphatic heterocycles. The summed E-state index contributed by atoms with van der Waals surface area (Å²) in [5.74, 6) is 0. The van der Waals surface area contributed by atoms with E-state index in [1.807, 2.05) is 0 Å². The van der Waals surface area contributed by atoms with E-state index in [1.54, 1.807) is 0 Å². The molecule has 0 rings (SSSR count). The van der Waals surface area contributed by atoms with Gasteiger partial charge >= 0.3 is 0 Å². The smallest absolute Gasteiger partial charge is 0.152 e. The van der Waals surface area contributed by atoms with Gasteiger partial charge in [0.25, 0.3) is 0 Å². The summed E-state index contributed by atoms with van der Waals surface area (Å²) in [7, 11) is 0. The molecule has 0 radical (unpaired) electrons. The summed E-state index contributed by atoms with van der Waals surface area (Å²) in [5, 5.41) is 7.89. The summed E-state index contributed by atoms with van der Waals surface area (Å²) >= 11 is 4.76. The highest BCUT2D eigenvalue weighted by atomic mass is 35.5. The molecule has 0 bridgehead atoms. The van der Waals surface area contributed by atoms with E-state index >= 15 is 0 Å². The number of hydrogen-bond acceptors (Lipinski definition) is 2. The van der Waals surface area contributed by atoms with Gasteiger partial charge in [0, 0.05) is 0 Å². The molecule has 0 aliphatic carbocycles. The minimum atomic E-state index is 1.22. The molecule has 6 heavy (non-hydrogen) atoms. The minimum absolute atomic E-state index is 1.22. The molecule has 0 saturated heterocycles. The molecular weight excluding hydrogens is 105 g/mol. The van der Waals surface area contributed by atoms with Crippen molar-refractivity contribution >= 4 is 11.6 Å². The number of nitrogens with zero attached hydrogens (tertiary/aromatic N) is 1. The molecule has 0 aliphatic rings. The van der Waals surface area contributed by atoms with E-state index in [0.717, 1.165) is 0 Å². The molecule has 0 unspecified atom stereocenters. The molecule has 0 aromatic carbocycles. The van der Waals surface area contributed by atoms with Gasteiger partial charge in [-0.1, -0.05) is 18.2 Å². The van der Waals surface area contributed by atoms with Gasteiger partial charge in [-0.05, 0) is 5.54 Å². The fourth-order valence-electron chi connectivity index (χ4n) is 0. The van der Waals surface area contributed by atoms with Crippen LogP contribution in [-0.4, -0.2) is 5.21 Å². The van der Waals surface area contributed by atoms with Crippen LogP contribution in [0, 0.1) is 4.91 Å². The molecule has 0 amide bonds. The van der Waals surface area contributed by atoms with Crippen LogP contribution in [0.1, 0.15) is 0 Å². The molecule has 0 aromatic heterocycles. The molecule has 0 saturated carbocycles. The predicted octanol–water partition coefficient (Wildman–Crippen LogP) is 1.51. The highest BCUT2D eigenvalue weighted by Crippen LogP contribution is 1.60. The molecule has 3 nitrogen and oxygen atoms in total. The summed E-state index contributed by atoms with van der Waals surface area (Å²) < 4.78 is 0. The molecule has 4 heteroatoms. The monoisotopic (exact) mass is 109 g/mol. The first-order chi connectivity index (χ1) is 2.83. The maximum absolute atomic E-state index is 8.11. The average molecular weight is 110 g/mol. The van der Waals surface area contributed by atoms with Crippen LogP contribution in [0.3, 0.4) is 0 Å². The Morgan fingerprint density at radius 2 is 2.00 bits per heavy atom. The second-order valence-corrected chi connectivity index (χ2v) is 0.545. The third kappa shape index (κ3) is 62.3. The van der Waals surface area contributed by atoms with Crippen molar-refractivity contribution in [2.45, 2.75) is 0 Å². The Bertz CT molecular complexity index is 32.5. The molecule has 0 atom stereocenters. The van der Waals surface area contributed by atoms with Crippen molar-refractivity contribution in [2.75, 3.05) is 0 Å². The first kappa shape index (κ1) is 9.06. The van der Waals surface area contributed by atoms with E-state index in [2.05, 4.69) is 6.58 Å². The van der Waals surface area contributed by atoms with Crippen LogP contribution in [0.4, 0.5) is 0 Å². The standard InChI is InChI=1S/C2H3Cl.HNO2/c1-2-3;2-1-3/h2H,1H2;(H,2,3). The van der Waals surface area contributed by atoms with Gasteiger partial charge < -0.3 is 5.21 Å². The van der Waals surface area contributed by atoms with E-state index in [9.17, 15) is 0 Å². The molecule has 0 spiro atoms. The van der Waals surface area contributed by atoms with E-state index in [-0.39, 0.29) is 0 Å². The van der Waals surface area contributed by atoms with Gasteiger partial charge in [-0.2, -0.15) is 0 Å². The lowest BCUT2D eigenvalue weighted by atomic mass is 11.3. The van der Waals surface area contributed by atoms with Crippen molar-refractivity contribution < 1.29 is 5.21 Å². The lowest BCUT2D eigenvalue weighted by Gasteiger charge is -1.32. The zero-order valence-electron chi connectivity index (χ0n) is 2.97. The first-order valence-corrected chi connectivity index (χ1v) is 1.45. The van der Waals surface area contributed by atoms with Gasteiger partial charge in [0.1, 0.15) is 0 Å². The van der Waals surface area contributed by atoms with Crippen LogP contribution in [0.15, 0.2) is 17.5 Å². The van der Waals surface area contributed by atoms with Crippen molar-refractivity contribution in [2.24, 2.45) is 5.34 Å². The van der Waals surface area contributed by atoms with Gasteiger partial charge in [0.05, 0.1) is 0 Å². The molecule has 0 aromatic rings. The van der Waals surface area contributed by atoms with Crippen molar-refractivity contribution in [3.63, 3.8) is 0 Å². The fourth-order valence-corrected chi connectivity index (χ4v) is 0. The Morgan fingerprint density at radius 3 is 2.00 bits per heavy atom. The second-order valence-electron chi connectivity index (χ2n) is 0.236. The highest BCUT2D eigenvalue weighted by Gasteiger charge is 1.18. The maximum Gasteiger partial charge on any atom is 0.152 e. The maximum atomic E-state index is 8.11. The second kappa shape index (κ2) is 25.5. The Labute approximate surface area is 40.2 Å². The van der Waals surface area contributed by atoms with E-state index in [1.165, 1.54) is 10.9 Å². The van der Waals surface area contributed by atoms with Gasteiger partial charge in [-0.15, -0.1) is 4.91 Å². The number of hydrogen-bond donors (Lipinski definition) is 1. The fraction of sp³-hybridized carbons (Fsp3) is 0. The minimum Gasteiger partial charge on any atom is -0.379 e. The highest BCUT2D eigenvalue weighted by molar-refractivity contribution is 6.25. The Morgan fingerprint density at radius 1 is 2.00 bits per heavy atom. The lowest BCUT2D eigenvalue weighted by Crippen LogP contribution is -1.25. The van der Waals surface area contributed by atoms with Crippen molar-refractivity contribution in [3.8, 4) is 0 Å². The molecular formula is C2H4ClNO2. The zero-order valence-corrected chi connectivity index (χ0v) is 3.72. The number of halogens is 1. The van der Waals surface area contributed by atoms with Crippen LogP contribution < -0.4 is 0 Å². The summed E-state index contributed by atoms with van der Waals surface area (Å²) in [5.41, 5.74) is 1.22. The van der Waals surface area contributed by atoms with Crippen molar-refractivity contribution in [3.05, 3.63) is 17.0 Å². The normalized spacial score (nSPS) is 4.17. The first-order valence-electron chi connectivity index (χ1n) is 1.01. The summed E-state index contributed by atoms with van der Waals surface area (Å²) in [6.45, 7) is 3.13. The topological polar surface area (TPSA) is 49.7 Å². The van der Waals surface area contributed by atoms with E-state index in [4.69, 9.17) is 21.7 Å². The average Bonchev–Trinajstić information content (AvgIpc) is 1.39. The van der Waals surface area contributed by atoms with Gasteiger partial charge in [-0.3, -0.25) is 0 Å².